The molecule has 28 heavy (non-hydrogen) atoms. The molecule has 1 fully saturated rings. The zero-order chi connectivity index (χ0) is 20.3. The van der Waals surface area contributed by atoms with Gasteiger partial charge in [0.25, 0.3) is 5.91 Å². The molecular weight excluding hydrogens is 403 g/mol. The van der Waals surface area contributed by atoms with Crippen molar-refractivity contribution in [1.82, 2.24) is 0 Å². The van der Waals surface area contributed by atoms with Gasteiger partial charge in [0, 0.05) is 34.4 Å². The molecule has 146 valence electrons. The van der Waals surface area contributed by atoms with Crippen molar-refractivity contribution in [2.24, 2.45) is 5.92 Å². The Morgan fingerprint density at radius 2 is 1.86 bits per heavy atom. The van der Waals surface area contributed by atoms with Crippen LogP contribution in [0, 0.1) is 12.8 Å². The summed E-state index contributed by atoms with van der Waals surface area (Å²) in [6, 6.07) is 12.1. The molecule has 1 saturated heterocycles. The lowest BCUT2D eigenvalue weighted by atomic mass is 10.1. The minimum absolute atomic E-state index is 0.0543. The summed E-state index contributed by atoms with van der Waals surface area (Å²) in [5, 5.41) is 3.31. The summed E-state index contributed by atoms with van der Waals surface area (Å²) in [6.45, 7) is 1.67. The van der Waals surface area contributed by atoms with Crippen LogP contribution in [0.4, 0.5) is 11.4 Å². The first-order chi connectivity index (χ1) is 13.3. The number of halogens is 2. The van der Waals surface area contributed by atoms with Crippen LogP contribution in [0.25, 0.3) is 0 Å². The molecule has 0 saturated carbocycles. The number of nitrogens with zero attached hydrogens (tertiary/aromatic N) is 1. The first-order valence-electron chi connectivity index (χ1n) is 8.62. The van der Waals surface area contributed by atoms with Crippen molar-refractivity contribution in [1.29, 1.82) is 0 Å². The first-order valence-corrected chi connectivity index (χ1v) is 9.37. The normalized spacial score (nSPS) is 16.2. The molecular formula is C20H18Cl2N2O4. The average Bonchev–Trinajstić information content (AvgIpc) is 3.01. The van der Waals surface area contributed by atoms with Gasteiger partial charge in [-0.2, -0.15) is 0 Å². The van der Waals surface area contributed by atoms with Crippen LogP contribution in [0.1, 0.15) is 12.0 Å². The van der Waals surface area contributed by atoms with Crippen molar-refractivity contribution in [2.45, 2.75) is 13.3 Å². The van der Waals surface area contributed by atoms with E-state index in [-0.39, 0.29) is 18.9 Å². The monoisotopic (exact) mass is 420 g/mol. The van der Waals surface area contributed by atoms with Crippen molar-refractivity contribution >= 4 is 52.4 Å². The van der Waals surface area contributed by atoms with E-state index in [0.29, 0.717) is 15.7 Å². The van der Waals surface area contributed by atoms with Gasteiger partial charge in [-0.05, 0) is 36.8 Å². The summed E-state index contributed by atoms with van der Waals surface area (Å²) in [4.78, 5) is 38.2. The van der Waals surface area contributed by atoms with E-state index in [2.05, 4.69) is 5.32 Å². The number of esters is 1. The van der Waals surface area contributed by atoms with Gasteiger partial charge in [-0.15, -0.1) is 0 Å². The maximum absolute atomic E-state index is 12.3. The van der Waals surface area contributed by atoms with Crippen LogP contribution in [0.3, 0.4) is 0 Å². The molecule has 1 atom stereocenters. The number of amides is 2. The molecule has 2 amide bonds. The number of hydrogen-bond acceptors (Lipinski definition) is 4. The molecule has 8 heteroatoms. The van der Waals surface area contributed by atoms with Crippen LogP contribution >= 0.6 is 23.2 Å². The van der Waals surface area contributed by atoms with E-state index in [9.17, 15) is 14.4 Å². The van der Waals surface area contributed by atoms with Gasteiger partial charge >= 0.3 is 5.97 Å². The van der Waals surface area contributed by atoms with Crippen LogP contribution in [-0.4, -0.2) is 30.9 Å². The number of aryl methyl sites for hydroxylation is 1. The van der Waals surface area contributed by atoms with Gasteiger partial charge in [0.05, 0.1) is 5.92 Å². The molecule has 0 bridgehead atoms. The highest BCUT2D eigenvalue weighted by Gasteiger charge is 2.36. The Bertz CT molecular complexity index is 912. The number of ether oxygens (including phenoxy) is 1. The molecule has 2 aromatic carbocycles. The maximum atomic E-state index is 12.3. The smallest absolute Gasteiger partial charge is 0.311 e. The lowest BCUT2D eigenvalue weighted by molar-refractivity contribution is -0.151. The summed E-state index contributed by atoms with van der Waals surface area (Å²) in [6.07, 6.45) is 0.0543. The zero-order valence-corrected chi connectivity index (χ0v) is 16.6. The minimum Gasteiger partial charge on any atom is -0.455 e. The van der Waals surface area contributed by atoms with E-state index in [1.807, 2.05) is 31.2 Å². The summed E-state index contributed by atoms with van der Waals surface area (Å²) in [5.74, 6) is -1.86. The molecule has 1 aliphatic rings. The largest absolute Gasteiger partial charge is 0.455 e. The quantitative estimate of drug-likeness (QED) is 0.745. The third kappa shape index (κ3) is 4.82. The molecule has 1 heterocycles. The molecule has 0 radical (unpaired) electrons. The zero-order valence-electron chi connectivity index (χ0n) is 15.1. The Hall–Kier alpha value is -2.57. The van der Waals surface area contributed by atoms with E-state index in [1.165, 1.54) is 18.2 Å². The first kappa shape index (κ1) is 20.2. The number of para-hydroxylation sites is 1. The summed E-state index contributed by atoms with van der Waals surface area (Å²) < 4.78 is 5.09. The molecule has 0 aliphatic carbocycles. The standard InChI is InChI=1S/C20H18Cl2N2O4/c1-12-4-2-3-5-17(12)24-10-13(6-19(24)26)20(27)28-11-18(25)23-16-8-14(21)7-15(22)9-16/h2-5,7-9,13H,6,10-11H2,1H3,(H,23,25)/t13-/m1/s1. The average molecular weight is 421 g/mol. The van der Waals surface area contributed by atoms with Gasteiger partial charge in [-0.25, -0.2) is 0 Å². The number of carbonyl (C=O) groups excluding carboxylic acids is 3. The third-order valence-electron chi connectivity index (χ3n) is 4.36. The number of benzene rings is 2. The Morgan fingerprint density at radius 3 is 2.54 bits per heavy atom. The lowest BCUT2D eigenvalue weighted by Crippen LogP contribution is -2.28. The number of rotatable bonds is 5. The molecule has 3 rings (SSSR count). The van der Waals surface area contributed by atoms with Crippen LogP contribution in [-0.2, 0) is 19.1 Å². The number of carbonyl (C=O) groups is 3. The van der Waals surface area contributed by atoms with Crippen molar-refractivity contribution in [3.8, 4) is 0 Å². The second kappa shape index (κ2) is 8.63. The maximum Gasteiger partial charge on any atom is 0.311 e. The molecule has 0 spiro atoms. The fourth-order valence-electron chi connectivity index (χ4n) is 3.04. The second-order valence-electron chi connectivity index (χ2n) is 6.51. The van der Waals surface area contributed by atoms with Crippen LogP contribution < -0.4 is 10.2 Å². The highest BCUT2D eigenvalue weighted by Crippen LogP contribution is 2.28. The number of anilines is 2. The van der Waals surface area contributed by atoms with Gasteiger partial charge in [0.1, 0.15) is 0 Å². The summed E-state index contributed by atoms with van der Waals surface area (Å²) in [7, 11) is 0. The van der Waals surface area contributed by atoms with Gasteiger partial charge in [0.2, 0.25) is 5.91 Å². The van der Waals surface area contributed by atoms with E-state index in [1.54, 1.807) is 4.90 Å². The summed E-state index contributed by atoms with van der Waals surface area (Å²) >= 11 is 11.8. The Labute approximate surface area is 172 Å². The molecule has 0 aromatic heterocycles. The fraction of sp³-hybridized carbons (Fsp3) is 0.250. The van der Waals surface area contributed by atoms with Crippen LogP contribution in [0.15, 0.2) is 42.5 Å². The third-order valence-corrected chi connectivity index (χ3v) is 4.79. The Morgan fingerprint density at radius 1 is 1.18 bits per heavy atom. The topological polar surface area (TPSA) is 75.7 Å². The van der Waals surface area contributed by atoms with Gasteiger partial charge in [0.15, 0.2) is 6.61 Å². The minimum atomic E-state index is -0.611. The Kier molecular flexibility index (Phi) is 6.21. The van der Waals surface area contributed by atoms with Crippen molar-refractivity contribution in [3.63, 3.8) is 0 Å². The van der Waals surface area contributed by atoms with Crippen molar-refractivity contribution in [3.05, 3.63) is 58.1 Å². The van der Waals surface area contributed by atoms with E-state index in [4.69, 9.17) is 27.9 Å². The predicted octanol–water partition coefficient (Wildman–Crippen LogP) is 3.84. The van der Waals surface area contributed by atoms with Gasteiger partial charge in [-0.3, -0.25) is 14.4 Å². The fourth-order valence-corrected chi connectivity index (χ4v) is 3.57. The molecule has 0 unspecified atom stereocenters. The Balaban J connectivity index is 1.54. The molecule has 6 nitrogen and oxygen atoms in total. The SMILES string of the molecule is Cc1ccccc1N1C[C@H](C(=O)OCC(=O)Nc2cc(Cl)cc(Cl)c2)CC1=O. The molecule has 2 aromatic rings. The van der Waals surface area contributed by atoms with Crippen molar-refractivity contribution < 1.29 is 19.1 Å². The highest BCUT2D eigenvalue weighted by atomic mass is 35.5. The van der Waals surface area contributed by atoms with E-state index in [0.717, 1.165) is 11.3 Å². The number of nitrogens with one attached hydrogen (secondary N) is 1. The summed E-state index contributed by atoms with van der Waals surface area (Å²) in [5.41, 5.74) is 2.13. The van der Waals surface area contributed by atoms with Gasteiger partial charge in [-0.1, -0.05) is 41.4 Å². The van der Waals surface area contributed by atoms with Gasteiger partial charge < -0.3 is 15.0 Å². The van der Waals surface area contributed by atoms with Crippen LogP contribution in [0.2, 0.25) is 10.0 Å². The van der Waals surface area contributed by atoms with Crippen molar-refractivity contribution in [2.75, 3.05) is 23.4 Å². The predicted molar refractivity (Wildman–Crippen MR) is 108 cm³/mol. The van der Waals surface area contributed by atoms with Crippen LogP contribution in [0.5, 0.6) is 0 Å². The molecule has 1 aliphatic heterocycles. The lowest BCUT2D eigenvalue weighted by Gasteiger charge is -2.18. The van der Waals surface area contributed by atoms with E-state index >= 15 is 0 Å². The highest BCUT2D eigenvalue weighted by molar-refractivity contribution is 6.35. The molecule has 1 N–H and O–H groups in total. The second-order valence-corrected chi connectivity index (χ2v) is 7.38. The number of hydrogen-bond donors (Lipinski definition) is 1. The van der Waals surface area contributed by atoms with E-state index < -0.39 is 24.4 Å².